The van der Waals surface area contributed by atoms with Gasteiger partial charge in [0, 0.05) is 16.8 Å². The first-order valence-electron chi connectivity index (χ1n) is 8.28. The fraction of sp³-hybridized carbons (Fsp3) is 0.167. The highest BCUT2D eigenvalue weighted by Gasteiger charge is 2.16. The monoisotopic (exact) mass is 347 g/mol. The number of aryl methyl sites for hydroxylation is 2. The summed E-state index contributed by atoms with van der Waals surface area (Å²) >= 11 is 0. The number of imidazole rings is 1. The molecule has 4 aromatic rings. The summed E-state index contributed by atoms with van der Waals surface area (Å²) in [6.07, 6.45) is 3.95. The lowest BCUT2D eigenvalue weighted by atomic mass is 10.1. The minimum atomic E-state index is -0.261. The second kappa shape index (κ2) is 6.40. The molecule has 8 heteroatoms. The van der Waals surface area contributed by atoms with Gasteiger partial charge in [-0.25, -0.2) is 4.98 Å². The summed E-state index contributed by atoms with van der Waals surface area (Å²) in [4.78, 5) is 28.7. The van der Waals surface area contributed by atoms with Crippen LogP contribution in [0.5, 0.6) is 0 Å². The van der Waals surface area contributed by atoms with Crippen molar-refractivity contribution in [3.8, 4) is 5.95 Å². The number of H-pyrrole nitrogens is 1. The average molecular weight is 347 g/mol. The molecule has 0 aliphatic heterocycles. The van der Waals surface area contributed by atoms with E-state index in [9.17, 15) is 4.79 Å². The van der Waals surface area contributed by atoms with Crippen molar-refractivity contribution < 1.29 is 4.79 Å². The lowest BCUT2D eigenvalue weighted by Gasteiger charge is -2.05. The second-order valence-electron chi connectivity index (χ2n) is 5.81. The van der Waals surface area contributed by atoms with Gasteiger partial charge in [-0.05, 0) is 25.5 Å². The summed E-state index contributed by atoms with van der Waals surface area (Å²) in [5, 5.41) is 6.95. The van der Waals surface area contributed by atoms with E-state index in [1.165, 1.54) is 11.0 Å². The van der Waals surface area contributed by atoms with Crippen molar-refractivity contribution in [3.05, 3.63) is 59.7 Å². The number of amides is 1. The topological polar surface area (TPSA) is 101 Å². The van der Waals surface area contributed by atoms with E-state index in [0.29, 0.717) is 17.5 Å². The molecule has 3 heterocycles. The third-order valence-corrected chi connectivity index (χ3v) is 4.19. The number of benzene rings is 1. The highest BCUT2D eigenvalue weighted by Crippen LogP contribution is 2.21. The van der Waals surface area contributed by atoms with Gasteiger partial charge in [-0.1, -0.05) is 25.1 Å². The molecule has 0 bridgehead atoms. The van der Waals surface area contributed by atoms with Crippen molar-refractivity contribution in [2.24, 2.45) is 0 Å². The van der Waals surface area contributed by atoms with Crippen molar-refractivity contribution in [2.45, 2.75) is 20.3 Å². The van der Waals surface area contributed by atoms with Gasteiger partial charge in [-0.2, -0.15) is 14.8 Å². The molecule has 3 aromatic heterocycles. The van der Waals surface area contributed by atoms with Gasteiger partial charge in [0.05, 0.1) is 17.2 Å². The molecule has 0 atom stereocenters. The Balaban J connectivity index is 1.71. The number of pyridine rings is 1. The number of rotatable bonds is 4. The molecule has 0 spiro atoms. The van der Waals surface area contributed by atoms with Gasteiger partial charge in [0.2, 0.25) is 11.9 Å². The molecular weight excluding hydrogens is 330 g/mol. The normalized spacial score (nSPS) is 11.0. The Bertz CT molecular complexity index is 1080. The standard InChI is InChI=1S/C18H17N7O/c1-3-13-11(2)19-9-14-15(13)23-18(22-14)25-17(20-10-21-25)24-16(26)12-7-5-4-6-8-12/h4-10H,3H2,1-2H3,(H,22,23)(H,20,21,24,26). The highest BCUT2D eigenvalue weighted by molar-refractivity contribution is 6.03. The van der Waals surface area contributed by atoms with Crippen LogP contribution in [-0.4, -0.2) is 35.6 Å². The van der Waals surface area contributed by atoms with Gasteiger partial charge in [0.1, 0.15) is 6.33 Å². The van der Waals surface area contributed by atoms with E-state index in [1.807, 2.05) is 13.0 Å². The van der Waals surface area contributed by atoms with Gasteiger partial charge in [0.25, 0.3) is 5.91 Å². The molecule has 1 amide bonds. The number of aromatic nitrogens is 6. The number of anilines is 1. The Labute approximate surface area is 149 Å². The fourth-order valence-corrected chi connectivity index (χ4v) is 2.88. The van der Waals surface area contributed by atoms with E-state index in [1.54, 1.807) is 30.5 Å². The SMILES string of the molecule is CCc1c(C)ncc2[nH]c(-n3ncnc3NC(=O)c3ccccc3)nc12. The molecule has 26 heavy (non-hydrogen) atoms. The molecule has 0 radical (unpaired) electrons. The summed E-state index contributed by atoms with van der Waals surface area (Å²) in [6, 6.07) is 8.94. The summed E-state index contributed by atoms with van der Waals surface area (Å²) in [6.45, 7) is 4.03. The van der Waals surface area contributed by atoms with Crippen LogP contribution in [-0.2, 0) is 6.42 Å². The minimum Gasteiger partial charge on any atom is -0.321 e. The second-order valence-corrected chi connectivity index (χ2v) is 5.81. The van der Waals surface area contributed by atoms with Gasteiger partial charge in [-0.15, -0.1) is 0 Å². The third-order valence-electron chi connectivity index (χ3n) is 4.19. The molecule has 0 unspecified atom stereocenters. The number of nitrogens with zero attached hydrogens (tertiary/aromatic N) is 5. The van der Waals surface area contributed by atoms with Crippen molar-refractivity contribution in [1.82, 2.24) is 29.7 Å². The van der Waals surface area contributed by atoms with Crippen LogP contribution >= 0.6 is 0 Å². The number of carbonyl (C=O) groups is 1. The third kappa shape index (κ3) is 2.71. The number of carbonyl (C=O) groups excluding carboxylic acids is 1. The first kappa shape index (κ1) is 15.9. The molecule has 0 aliphatic rings. The summed E-state index contributed by atoms with van der Waals surface area (Å²) < 4.78 is 1.47. The van der Waals surface area contributed by atoms with E-state index in [4.69, 9.17) is 0 Å². The quantitative estimate of drug-likeness (QED) is 0.591. The Morgan fingerprint density at radius 1 is 1.23 bits per heavy atom. The summed E-state index contributed by atoms with van der Waals surface area (Å²) in [5.74, 6) is 0.506. The molecular formula is C18H17N7O. The zero-order chi connectivity index (χ0) is 18.1. The first-order valence-corrected chi connectivity index (χ1v) is 8.28. The Hall–Kier alpha value is -3.55. The predicted molar refractivity (Wildman–Crippen MR) is 97.3 cm³/mol. The molecule has 8 nitrogen and oxygen atoms in total. The van der Waals surface area contributed by atoms with Gasteiger partial charge in [-0.3, -0.25) is 15.1 Å². The molecule has 2 N–H and O–H groups in total. The molecule has 0 fully saturated rings. The minimum absolute atomic E-state index is 0.261. The molecule has 0 saturated heterocycles. The molecule has 130 valence electrons. The lowest BCUT2D eigenvalue weighted by molar-refractivity contribution is 0.102. The maximum absolute atomic E-state index is 12.4. The zero-order valence-electron chi connectivity index (χ0n) is 14.4. The zero-order valence-corrected chi connectivity index (χ0v) is 14.4. The molecule has 4 rings (SSSR count). The first-order chi connectivity index (χ1) is 12.7. The van der Waals surface area contributed by atoms with Crippen molar-refractivity contribution in [2.75, 3.05) is 5.32 Å². The smallest absolute Gasteiger partial charge is 0.258 e. The number of nitrogens with one attached hydrogen (secondary N) is 2. The summed E-state index contributed by atoms with van der Waals surface area (Å²) in [5.41, 5.74) is 4.25. The Morgan fingerprint density at radius 2 is 2.04 bits per heavy atom. The Kier molecular flexibility index (Phi) is 3.92. The van der Waals surface area contributed by atoms with Crippen LogP contribution in [0.1, 0.15) is 28.5 Å². The van der Waals surface area contributed by atoms with Gasteiger partial charge < -0.3 is 4.98 Å². The van der Waals surface area contributed by atoms with Crippen LogP contribution in [0.4, 0.5) is 5.95 Å². The van der Waals surface area contributed by atoms with E-state index in [2.05, 4.69) is 37.3 Å². The average Bonchev–Trinajstić information content (AvgIpc) is 3.28. The van der Waals surface area contributed by atoms with E-state index in [-0.39, 0.29) is 5.91 Å². The molecule has 1 aromatic carbocycles. The molecule has 0 aliphatic carbocycles. The van der Waals surface area contributed by atoms with Crippen molar-refractivity contribution in [1.29, 1.82) is 0 Å². The number of hydrogen-bond donors (Lipinski definition) is 2. The van der Waals surface area contributed by atoms with E-state index < -0.39 is 0 Å². The predicted octanol–water partition coefficient (Wildman–Crippen LogP) is 2.66. The highest BCUT2D eigenvalue weighted by atomic mass is 16.1. The maximum Gasteiger partial charge on any atom is 0.258 e. The van der Waals surface area contributed by atoms with Crippen molar-refractivity contribution >= 4 is 22.9 Å². The van der Waals surface area contributed by atoms with Crippen LogP contribution in [0, 0.1) is 6.92 Å². The number of hydrogen-bond acceptors (Lipinski definition) is 5. The van der Waals surface area contributed by atoms with Gasteiger partial charge in [0.15, 0.2) is 0 Å². The number of fused-ring (bicyclic) bond motifs is 1. The van der Waals surface area contributed by atoms with Crippen LogP contribution in [0.25, 0.3) is 17.0 Å². The fourth-order valence-electron chi connectivity index (χ4n) is 2.88. The maximum atomic E-state index is 12.4. The van der Waals surface area contributed by atoms with Crippen LogP contribution in [0.3, 0.4) is 0 Å². The Morgan fingerprint density at radius 3 is 2.81 bits per heavy atom. The van der Waals surface area contributed by atoms with Crippen LogP contribution in [0.2, 0.25) is 0 Å². The van der Waals surface area contributed by atoms with Crippen LogP contribution < -0.4 is 5.32 Å². The van der Waals surface area contributed by atoms with Gasteiger partial charge >= 0.3 is 0 Å². The summed E-state index contributed by atoms with van der Waals surface area (Å²) in [7, 11) is 0. The number of aromatic amines is 1. The van der Waals surface area contributed by atoms with E-state index in [0.717, 1.165) is 28.7 Å². The van der Waals surface area contributed by atoms with E-state index >= 15 is 0 Å². The largest absolute Gasteiger partial charge is 0.321 e. The lowest BCUT2D eigenvalue weighted by Crippen LogP contribution is -2.16. The molecule has 0 saturated carbocycles. The van der Waals surface area contributed by atoms with Crippen LogP contribution in [0.15, 0.2) is 42.9 Å². The van der Waals surface area contributed by atoms with Crippen molar-refractivity contribution in [3.63, 3.8) is 0 Å².